The molecule has 0 aromatic heterocycles. The summed E-state index contributed by atoms with van der Waals surface area (Å²) in [6.45, 7) is 0.713. The molecule has 1 aromatic rings. The van der Waals surface area contributed by atoms with E-state index in [1.54, 1.807) is 19.2 Å². The monoisotopic (exact) mass is 312 g/mol. The zero-order chi connectivity index (χ0) is 15.5. The van der Waals surface area contributed by atoms with Crippen molar-refractivity contribution < 1.29 is 17.9 Å². The number of carbonyl (C=O) groups is 1. The maximum absolute atomic E-state index is 12.2. The number of hydrogen-bond acceptors (Lipinski definition) is 4. The van der Waals surface area contributed by atoms with E-state index in [-0.39, 0.29) is 16.9 Å². The summed E-state index contributed by atoms with van der Waals surface area (Å²) in [4.78, 5) is 13.7. The molecular weight excluding hydrogens is 292 g/mol. The van der Waals surface area contributed by atoms with E-state index in [0.717, 1.165) is 19.3 Å². The summed E-state index contributed by atoms with van der Waals surface area (Å²) in [5.74, 6) is -0.0507. The Morgan fingerprint density at radius 1 is 1.33 bits per heavy atom. The molecule has 1 saturated heterocycles. The SMILES string of the molecule is CN(C(=O)CC1CCCCO1)c1ccc(S(N)(=O)=O)cc1. The van der Waals surface area contributed by atoms with Gasteiger partial charge >= 0.3 is 0 Å². The number of nitrogens with two attached hydrogens (primary N) is 1. The van der Waals surface area contributed by atoms with Gasteiger partial charge in [-0.1, -0.05) is 0 Å². The van der Waals surface area contributed by atoms with Crippen molar-refractivity contribution in [1.29, 1.82) is 0 Å². The minimum absolute atomic E-state index is 0.0163. The second kappa shape index (κ2) is 6.55. The second-order valence-corrected chi connectivity index (χ2v) is 6.75. The van der Waals surface area contributed by atoms with E-state index in [9.17, 15) is 13.2 Å². The number of nitrogens with zero attached hydrogens (tertiary/aromatic N) is 1. The Morgan fingerprint density at radius 2 is 2.00 bits per heavy atom. The van der Waals surface area contributed by atoms with Crippen LogP contribution in [0.1, 0.15) is 25.7 Å². The van der Waals surface area contributed by atoms with Gasteiger partial charge in [0.25, 0.3) is 0 Å². The van der Waals surface area contributed by atoms with Crippen LogP contribution >= 0.6 is 0 Å². The van der Waals surface area contributed by atoms with Crippen molar-refractivity contribution >= 4 is 21.6 Å². The predicted octanol–water partition coefficient (Wildman–Crippen LogP) is 1.26. The highest BCUT2D eigenvalue weighted by Crippen LogP contribution is 2.20. The number of sulfonamides is 1. The average molecular weight is 312 g/mol. The van der Waals surface area contributed by atoms with Crippen molar-refractivity contribution in [3.8, 4) is 0 Å². The maximum atomic E-state index is 12.2. The smallest absolute Gasteiger partial charge is 0.238 e. The molecule has 0 aliphatic carbocycles. The lowest BCUT2D eigenvalue weighted by Crippen LogP contribution is -2.32. The van der Waals surface area contributed by atoms with Gasteiger partial charge in [0.2, 0.25) is 15.9 Å². The number of rotatable bonds is 4. The lowest BCUT2D eigenvalue weighted by Gasteiger charge is -2.25. The average Bonchev–Trinajstić information content (AvgIpc) is 2.46. The van der Waals surface area contributed by atoms with E-state index in [2.05, 4.69) is 0 Å². The van der Waals surface area contributed by atoms with Gasteiger partial charge in [0.1, 0.15) is 0 Å². The maximum Gasteiger partial charge on any atom is 0.238 e. The molecule has 2 N–H and O–H groups in total. The summed E-state index contributed by atoms with van der Waals surface area (Å²) in [7, 11) is -2.05. The van der Waals surface area contributed by atoms with E-state index in [4.69, 9.17) is 9.88 Å². The van der Waals surface area contributed by atoms with Crippen molar-refractivity contribution in [1.82, 2.24) is 0 Å². The molecule has 2 rings (SSSR count). The first kappa shape index (κ1) is 15.9. The summed E-state index contributed by atoms with van der Waals surface area (Å²) in [6, 6.07) is 5.93. The Kier molecular flexibility index (Phi) is 4.97. The number of primary sulfonamides is 1. The molecule has 7 heteroatoms. The lowest BCUT2D eigenvalue weighted by molar-refractivity contribution is -0.122. The summed E-state index contributed by atoms with van der Waals surface area (Å²) in [5.41, 5.74) is 0.628. The number of ether oxygens (including phenoxy) is 1. The van der Waals surface area contributed by atoms with Crippen molar-refractivity contribution in [3.63, 3.8) is 0 Å². The van der Waals surface area contributed by atoms with Gasteiger partial charge < -0.3 is 9.64 Å². The quantitative estimate of drug-likeness (QED) is 0.906. The van der Waals surface area contributed by atoms with Gasteiger partial charge in [0.05, 0.1) is 17.4 Å². The van der Waals surface area contributed by atoms with Crippen LogP contribution in [0.15, 0.2) is 29.2 Å². The number of hydrogen-bond donors (Lipinski definition) is 1. The second-order valence-electron chi connectivity index (χ2n) is 5.18. The molecule has 0 spiro atoms. The van der Waals surface area contributed by atoms with Gasteiger partial charge in [-0.3, -0.25) is 4.79 Å². The van der Waals surface area contributed by atoms with Gasteiger partial charge in [-0.2, -0.15) is 0 Å². The molecule has 21 heavy (non-hydrogen) atoms. The zero-order valence-electron chi connectivity index (χ0n) is 12.0. The molecule has 6 nitrogen and oxygen atoms in total. The highest BCUT2D eigenvalue weighted by atomic mass is 32.2. The van der Waals surface area contributed by atoms with Crippen LogP contribution in [0.3, 0.4) is 0 Å². The Labute approximate surface area is 124 Å². The Hall–Kier alpha value is -1.44. The van der Waals surface area contributed by atoms with Gasteiger partial charge in [0.15, 0.2) is 0 Å². The third kappa shape index (κ3) is 4.26. The molecule has 0 saturated carbocycles. The predicted molar refractivity (Wildman–Crippen MR) is 79.4 cm³/mol. The van der Waals surface area contributed by atoms with Crippen molar-refractivity contribution in [2.45, 2.75) is 36.7 Å². The first-order chi connectivity index (χ1) is 9.88. The minimum atomic E-state index is -3.71. The Bertz CT molecular complexity index is 592. The highest BCUT2D eigenvalue weighted by molar-refractivity contribution is 7.89. The molecule has 1 amide bonds. The zero-order valence-corrected chi connectivity index (χ0v) is 12.8. The van der Waals surface area contributed by atoms with Gasteiger partial charge in [-0.25, -0.2) is 13.6 Å². The van der Waals surface area contributed by atoms with Crippen molar-refractivity contribution in [2.24, 2.45) is 5.14 Å². The molecule has 0 radical (unpaired) electrons. The van der Waals surface area contributed by atoms with E-state index < -0.39 is 10.0 Å². The standard InChI is InChI=1S/C14H20N2O4S/c1-16(14(17)10-12-4-2-3-9-20-12)11-5-7-13(8-6-11)21(15,18)19/h5-8,12H,2-4,9-10H2,1H3,(H2,15,18,19). The molecular formula is C14H20N2O4S. The normalized spacial score (nSPS) is 19.2. The lowest BCUT2D eigenvalue weighted by atomic mass is 10.1. The van der Waals surface area contributed by atoms with Crippen molar-refractivity contribution in [2.75, 3.05) is 18.6 Å². The molecule has 1 aliphatic heterocycles. The van der Waals surface area contributed by atoms with Gasteiger partial charge in [0, 0.05) is 19.3 Å². The molecule has 1 aliphatic rings. The topological polar surface area (TPSA) is 89.7 Å². The number of anilines is 1. The highest BCUT2D eigenvalue weighted by Gasteiger charge is 2.20. The summed E-state index contributed by atoms with van der Waals surface area (Å²) in [5, 5.41) is 5.04. The molecule has 1 aromatic carbocycles. The number of carbonyl (C=O) groups excluding carboxylic acids is 1. The fraction of sp³-hybridized carbons (Fsp3) is 0.500. The first-order valence-electron chi connectivity index (χ1n) is 6.89. The fourth-order valence-electron chi connectivity index (χ4n) is 2.30. The van der Waals surface area contributed by atoms with Crippen LogP contribution in [-0.2, 0) is 19.6 Å². The third-order valence-electron chi connectivity index (χ3n) is 3.60. The number of benzene rings is 1. The van der Waals surface area contributed by atoms with Crippen LogP contribution in [0.25, 0.3) is 0 Å². The summed E-state index contributed by atoms with van der Waals surface area (Å²) < 4.78 is 27.9. The van der Waals surface area contributed by atoms with Crippen molar-refractivity contribution in [3.05, 3.63) is 24.3 Å². The number of amides is 1. The molecule has 0 bridgehead atoms. The van der Waals surface area contributed by atoms with E-state index in [1.807, 2.05) is 0 Å². The summed E-state index contributed by atoms with van der Waals surface area (Å²) >= 11 is 0. The third-order valence-corrected chi connectivity index (χ3v) is 4.53. The fourth-order valence-corrected chi connectivity index (χ4v) is 2.82. The first-order valence-corrected chi connectivity index (χ1v) is 8.43. The van der Waals surface area contributed by atoms with Crippen LogP contribution < -0.4 is 10.0 Å². The molecule has 1 unspecified atom stereocenters. The van der Waals surface area contributed by atoms with E-state index >= 15 is 0 Å². The van der Waals surface area contributed by atoms with Crippen LogP contribution in [0.5, 0.6) is 0 Å². The molecule has 116 valence electrons. The molecule has 1 atom stereocenters. The Morgan fingerprint density at radius 3 is 2.52 bits per heavy atom. The molecule has 1 heterocycles. The van der Waals surface area contributed by atoms with Crippen LogP contribution in [0.4, 0.5) is 5.69 Å². The van der Waals surface area contributed by atoms with E-state index in [1.165, 1.54) is 17.0 Å². The van der Waals surface area contributed by atoms with Crippen LogP contribution in [0.2, 0.25) is 0 Å². The largest absolute Gasteiger partial charge is 0.378 e. The van der Waals surface area contributed by atoms with Crippen LogP contribution in [-0.4, -0.2) is 34.1 Å². The van der Waals surface area contributed by atoms with Gasteiger partial charge in [-0.05, 0) is 43.5 Å². The molecule has 1 fully saturated rings. The van der Waals surface area contributed by atoms with Crippen LogP contribution in [0, 0.1) is 0 Å². The van der Waals surface area contributed by atoms with E-state index in [0.29, 0.717) is 18.7 Å². The summed E-state index contributed by atoms with van der Waals surface area (Å²) in [6.07, 6.45) is 3.37. The Balaban J connectivity index is 2.01. The minimum Gasteiger partial charge on any atom is -0.378 e. The van der Waals surface area contributed by atoms with Gasteiger partial charge in [-0.15, -0.1) is 0 Å².